The molecule has 2 aromatic carbocycles. The minimum atomic E-state index is 0.670. The lowest BCUT2D eigenvalue weighted by Gasteiger charge is -2.12. The highest BCUT2D eigenvalue weighted by molar-refractivity contribution is 9.10. The van der Waals surface area contributed by atoms with Crippen LogP contribution in [0.4, 0.5) is 0 Å². The molecule has 0 unspecified atom stereocenters. The molecule has 0 aromatic heterocycles. The van der Waals surface area contributed by atoms with E-state index < -0.39 is 0 Å². The van der Waals surface area contributed by atoms with E-state index in [0.717, 1.165) is 28.0 Å². The van der Waals surface area contributed by atoms with Gasteiger partial charge in [0.1, 0.15) is 11.5 Å². The molecule has 2 N–H and O–H groups in total. The van der Waals surface area contributed by atoms with E-state index in [-0.39, 0.29) is 0 Å². The molecule has 19 heavy (non-hydrogen) atoms. The topological polar surface area (TPSA) is 35.2 Å². The molecule has 0 atom stereocenters. The third kappa shape index (κ3) is 3.58. The van der Waals surface area contributed by atoms with E-state index in [1.807, 2.05) is 24.3 Å². The first-order chi connectivity index (χ1) is 9.10. The Morgan fingerprint density at radius 3 is 2.42 bits per heavy atom. The van der Waals surface area contributed by atoms with Gasteiger partial charge in [-0.2, -0.15) is 0 Å². The first kappa shape index (κ1) is 14.1. The molecule has 2 aromatic rings. The number of halogens is 1. The summed E-state index contributed by atoms with van der Waals surface area (Å²) in [6.45, 7) is 4.78. The van der Waals surface area contributed by atoms with Crippen LogP contribution in [0.25, 0.3) is 0 Å². The molecule has 0 radical (unpaired) electrons. The minimum Gasteiger partial charge on any atom is -0.456 e. The van der Waals surface area contributed by atoms with Crippen molar-refractivity contribution < 1.29 is 4.74 Å². The molecule has 2 nitrogen and oxygen atoms in total. The van der Waals surface area contributed by atoms with E-state index in [9.17, 15) is 0 Å². The second-order valence-corrected chi connectivity index (χ2v) is 5.53. The zero-order valence-electron chi connectivity index (χ0n) is 11.2. The fourth-order valence-electron chi connectivity index (χ4n) is 1.96. The van der Waals surface area contributed by atoms with Crippen molar-refractivity contribution in [2.24, 2.45) is 5.73 Å². The Bertz CT molecular complexity index is 581. The van der Waals surface area contributed by atoms with Crippen molar-refractivity contribution in [1.82, 2.24) is 0 Å². The lowest BCUT2D eigenvalue weighted by molar-refractivity contribution is 0.475. The van der Waals surface area contributed by atoms with Crippen LogP contribution in [-0.2, 0) is 6.42 Å². The first-order valence-electron chi connectivity index (χ1n) is 6.34. The van der Waals surface area contributed by atoms with Crippen molar-refractivity contribution in [3.05, 3.63) is 57.6 Å². The van der Waals surface area contributed by atoms with Gasteiger partial charge in [-0.05, 0) is 77.6 Å². The van der Waals surface area contributed by atoms with Crippen LogP contribution in [0.1, 0.15) is 16.7 Å². The van der Waals surface area contributed by atoms with Gasteiger partial charge in [-0.3, -0.25) is 0 Å². The molecule has 0 aliphatic carbocycles. The molecule has 0 aliphatic rings. The van der Waals surface area contributed by atoms with Crippen LogP contribution >= 0.6 is 15.9 Å². The lowest BCUT2D eigenvalue weighted by Crippen LogP contribution is -2.02. The normalized spacial score (nSPS) is 10.5. The van der Waals surface area contributed by atoms with Crippen molar-refractivity contribution in [3.8, 4) is 11.5 Å². The van der Waals surface area contributed by atoms with E-state index in [4.69, 9.17) is 10.5 Å². The molecular formula is C16H18BrNO. The largest absolute Gasteiger partial charge is 0.456 e. The summed E-state index contributed by atoms with van der Waals surface area (Å²) in [4.78, 5) is 0. The predicted molar refractivity (Wildman–Crippen MR) is 82.9 cm³/mol. The van der Waals surface area contributed by atoms with Gasteiger partial charge >= 0.3 is 0 Å². The second kappa shape index (κ2) is 6.22. The van der Waals surface area contributed by atoms with Crippen molar-refractivity contribution in [2.45, 2.75) is 20.3 Å². The van der Waals surface area contributed by atoms with E-state index in [1.54, 1.807) is 0 Å². The van der Waals surface area contributed by atoms with Gasteiger partial charge in [0.15, 0.2) is 0 Å². The van der Waals surface area contributed by atoms with Crippen LogP contribution in [0.2, 0.25) is 0 Å². The average molecular weight is 320 g/mol. The fourth-order valence-corrected chi connectivity index (χ4v) is 2.53. The zero-order valence-corrected chi connectivity index (χ0v) is 12.8. The lowest BCUT2D eigenvalue weighted by atomic mass is 10.1. The molecule has 0 spiro atoms. The Balaban J connectivity index is 2.23. The van der Waals surface area contributed by atoms with Crippen LogP contribution in [0, 0.1) is 13.8 Å². The Kier molecular flexibility index (Phi) is 4.61. The summed E-state index contributed by atoms with van der Waals surface area (Å²) in [5, 5.41) is 0. The fraction of sp³-hybridized carbons (Fsp3) is 0.250. The van der Waals surface area contributed by atoms with Gasteiger partial charge in [0.25, 0.3) is 0 Å². The molecule has 0 bridgehead atoms. The van der Waals surface area contributed by atoms with Gasteiger partial charge in [-0.15, -0.1) is 0 Å². The number of hydrogen-bond donors (Lipinski definition) is 1. The Morgan fingerprint density at radius 1 is 1.05 bits per heavy atom. The number of benzene rings is 2. The standard InChI is InChI=1S/C16H18BrNO/c1-11-3-5-16(14(17)9-11)19-15-6-4-13(7-8-18)10-12(15)2/h3-6,9-10H,7-8,18H2,1-2H3. The van der Waals surface area contributed by atoms with Gasteiger partial charge in [0.05, 0.1) is 4.47 Å². The summed E-state index contributed by atoms with van der Waals surface area (Å²) in [6, 6.07) is 12.3. The van der Waals surface area contributed by atoms with E-state index in [1.165, 1.54) is 11.1 Å². The van der Waals surface area contributed by atoms with Crippen molar-refractivity contribution in [1.29, 1.82) is 0 Å². The highest BCUT2D eigenvalue weighted by atomic mass is 79.9. The van der Waals surface area contributed by atoms with E-state index in [2.05, 4.69) is 41.9 Å². The van der Waals surface area contributed by atoms with Gasteiger partial charge in [-0.1, -0.05) is 18.2 Å². The SMILES string of the molecule is Cc1ccc(Oc2ccc(CCN)cc2C)c(Br)c1. The van der Waals surface area contributed by atoms with Gasteiger partial charge in [0.2, 0.25) is 0 Å². The highest BCUT2D eigenvalue weighted by Crippen LogP contribution is 2.32. The number of aryl methyl sites for hydroxylation is 2. The van der Waals surface area contributed by atoms with Crippen LogP contribution in [-0.4, -0.2) is 6.54 Å². The van der Waals surface area contributed by atoms with Crippen molar-refractivity contribution >= 4 is 15.9 Å². The smallest absolute Gasteiger partial charge is 0.141 e. The van der Waals surface area contributed by atoms with Gasteiger partial charge in [0, 0.05) is 0 Å². The summed E-state index contributed by atoms with van der Waals surface area (Å²) >= 11 is 3.53. The average Bonchev–Trinajstić information content (AvgIpc) is 2.36. The summed E-state index contributed by atoms with van der Waals surface area (Å²) in [5.41, 5.74) is 9.14. The molecular weight excluding hydrogens is 302 g/mol. The molecule has 0 heterocycles. The summed E-state index contributed by atoms with van der Waals surface area (Å²) in [5.74, 6) is 1.71. The number of rotatable bonds is 4. The number of nitrogens with two attached hydrogens (primary N) is 1. The monoisotopic (exact) mass is 319 g/mol. The molecule has 0 amide bonds. The maximum absolute atomic E-state index is 5.95. The third-order valence-electron chi connectivity index (χ3n) is 2.98. The maximum Gasteiger partial charge on any atom is 0.141 e. The molecule has 3 heteroatoms. The zero-order chi connectivity index (χ0) is 13.8. The highest BCUT2D eigenvalue weighted by Gasteiger charge is 2.06. The molecule has 0 aliphatic heterocycles. The van der Waals surface area contributed by atoms with E-state index in [0.29, 0.717) is 6.54 Å². The minimum absolute atomic E-state index is 0.670. The molecule has 0 saturated carbocycles. The summed E-state index contributed by atoms with van der Waals surface area (Å²) in [7, 11) is 0. The van der Waals surface area contributed by atoms with Crippen LogP contribution in [0.5, 0.6) is 11.5 Å². The predicted octanol–water partition coefficient (Wildman–Crippen LogP) is 4.36. The second-order valence-electron chi connectivity index (χ2n) is 4.67. The van der Waals surface area contributed by atoms with Crippen molar-refractivity contribution in [2.75, 3.05) is 6.54 Å². The summed E-state index contributed by atoms with van der Waals surface area (Å²) in [6.07, 6.45) is 0.898. The van der Waals surface area contributed by atoms with Gasteiger partial charge < -0.3 is 10.5 Å². The molecule has 2 rings (SSSR count). The Morgan fingerprint density at radius 2 is 1.79 bits per heavy atom. The number of ether oxygens (including phenoxy) is 1. The third-order valence-corrected chi connectivity index (χ3v) is 3.60. The van der Waals surface area contributed by atoms with Crippen LogP contribution in [0.15, 0.2) is 40.9 Å². The van der Waals surface area contributed by atoms with Crippen LogP contribution in [0.3, 0.4) is 0 Å². The molecule has 0 saturated heterocycles. The van der Waals surface area contributed by atoms with Crippen LogP contribution < -0.4 is 10.5 Å². The van der Waals surface area contributed by atoms with Gasteiger partial charge in [-0.25, -0.2) is 0 Å². The Hall–Kier alpha value is -1.32. The van der Waals surface area contributed by atoms with Crippen molar-refractivity contribution in [3.63, 3.8) is 0 Å². The quantitative estimate of drug-likeness (QED) is 0.908. The summed E-state index contributed by atoms with van der Waals surface area (Å²) < 4.78 is 6.92. The van der Waals surface area contributed by atoms with E-state index >= 15 is 0 Å². The molecule has 0 fully saturated rings. The molecule has 100 valence electrons. The Labute approximate surface area is 122 Å². The first-order valence-corrected chi connectivity index (χ1v) is 7.13. The maximum atomic E-state index is 5.95. The number of hydrogen-bond acceptors (Lipinski definition) is 2.